The van der Waals surface area contributed by atoms with Crippen molar-refractivity contribution in [2.24, 2.45) is 0 Å². The first-order valence-corrected chi connectivity index (χ1v) is 12.6. The molecule has 0 aliphatic rings. The van der Waals surface area contributed by atoms with Gasteiger partial charge in [-0.1, -0.05) is 100 Å². The Bertz CT molecular complexity index is 1530. The van der Waals surface area contributed by atoms with Crippen molar-refractivity contribution < 1.29 is 0 Å². The fourth-order valence-electron chi connectivity index (χ4n) is 4.21. The summed E-state index contributed by atoms with van der Waals surface area (Å²) in [5, 5.41) is 2.08. The molecule has 35 heavy (non-hydrogen) atoms. The Morgan fingerprint density at radius 1 is 0.857 bits per heavy atom. The van der Waals surface area contributed by atoms with Gasteiger partial charge in [0, 0.05) is 21.2 Å². The standard InChI is InChI=1S/C28H23N3S.C3H8/c1-3-9-18(4-2)19-14-16-20(17-15-19)31-23-12-7-5-10-21(23)25(29)27(31)28-26(30)22-11-6-8-13-24(22)32-28;1-3-2/h3-17H,1-2,29-30H2;3H2,1-2H3/b18-9+;. The molecular formula is C31H31N3S. The van der Waals surface area contributed by atoms with Crippen LogP contribution in [-0.2, 0) is 0 Å². The van der Waals surface area contributed by atoms with Gasteiger partial charge in [-0.3, -0.25) is 0 Å². The molecule has 0 amide bonds. The maximum absolute atomic E-state index is 6.74. The van der Waals surface area contributed by atoms with Gasteiger partial charge in [0.1, 0.15) is 0 Å². The molecule has 0 radical (unpaired) electrons. The molecule has 2 heterocycles. The number of fused-ring (bicyclic) bond motifs is 2. The first kappa shape index (κ1) is 24.1. The minimum atomic E-state index is 0.737. The average Bonchev–Trinajstić information content (AvgIpc) is 3.37. The Hall–Kier alpha value is -4.02. The number of nitrogens with zero attached hydrogens (tertiary/aromatic N) is 1. The third kappa shape index (κ3) is 4.41. The van der Waals surface area contributed by atoms with Gasteiger partial charge in [-0.05, 0) is 35.4 Å². The van der Waals surface area contributed by atoms with Gasteiger partial charge in [0.15, 0.2) is 0 Å². The van der Waals surface area contributed by atoms with Gasteiger partial charge in [0.25, 0.3) is 0 Å². The van der Waals surface area contributed by atoms with Crippen LogP contribution in [0, 0.1) is 0 Å². The van der Waals surface area contributed by atoms with Crippen LogP contribution in [0.2, 0.25) is 0 Å². The monoisotopic (exact) mass is 477 g/mol. The highest BCUT2D eigenvalue weighted by Crippen LogP contribution is 2.47. The molecule has 5 rings (SSSR count). The van der Waals surface area contributed by atoms with Gasteiger partial charge in [0.05, 0.1) is 27.5 Å². The summed E-state index contributed by atoms with van der Waals surface area (Å²) < 4.78 is 3.36. The van der Waals surface area contributed by atoms with E-state index >= 15 is 0 Å². The molecule has 0 spiro atoms. The van der Waals surface area contributed by atoms with Crippen molar-refractivity contribution in [1.29, 1.82) is 0 Å². The summed E-state index contributed by atoms with van der Waals surface area (Å²) in [7, 11) is 0. The molecule has 0 bridgehead atoms. The van der Waals surface area contributed by atoms with Gasteiger partial charge in [-0.25, -0.2) is 0 Å². The minimum absolute atomic E-state index is 0.737. The summed E-state index contributed by atoms with van der Waals surface area (Å²) in [6.45, 7) is 12.0. The summed E-state index contributed by atoms with van der Waals surface area (Å²) in [6.07, 6.45) is 6.81. The number of nitrogen functional groups attached to an aromatic ring is 2. The van der Waals surface area contributed by atoms with Crippen LogP contribution in [-0.4, -0.2) is 4.57 Å². The lowest BCUT2D eigenvalue weighted by atomic mass is 10.1. The van der Waals surface area contributed by atoms with Crippen molar-refractivity contribution in [3.8, 4) is 16.3 Å². The highest BCUT2D eigenvalue weighted by atomic mass is 32.1. The van der Waals surface area contributed by atoms with Crippen LogP contribution in [0.25, 0.3) is 42.8 Å². The number of benzene rings is 3. The van der Waals surface area contributed by atoms with Gasteiger partial charge in [-0.2, -0.15) is 0 Å². The second kappa shape index (κ2) is 10.5. The number of allylic oxidation sites excluding steroid dienone is 4. The molecule has 176 valence electrons. The Morgan fingerprint density at radius 2 is 1.49 bits per heavy atom. The van der Waals surface area contributed by atoms with Crippen LogP contribution >= 0.6 is 11.3 Å². The van der Waals surface area contributed by atoms with Crippen molar-refractivity contribution in [2.45, 2.75) is 20.3 Å². The first-order valence-electron chi connectivity index (χ1n) is 11.8. The van der Waals surface area contributed by atoms with Crippen molar-refractivity contribution >= 4 is 49.3 Å². The van der Waals surface area contributed by atoms with E-state index in [2.05, 4.69) is 80.1 Å². The zero-order valence-corrected chi connectivity index (χ0v) is 21.1. The van der Waals surface area contributed by atoms with E-state index in [0.29, 0.717) is 0 Å². The number of aromatic nitrogens is 1. The van der Waals surface area contributed by atoms with Gasteiger partial charge < -0.3 is 16.0 Å². The third-order valence-electron chi connectivity index (χ3n) is 5.74. The Labute approximate surface area is 211 Å². The van der Waals surface area contributed by atoms with Crippen LogP contribution in [0.15, 0.2) is 104 Å². The number of rotatable bonds is 5. The smallest absolute Gasteiger partial charge is 0.0894 e. The summed E-state index contributed by atoms with van der Waals surface area (Å²) >= 11 is 1.67. The van der Waals surface area contributed by atoms with Gasteiger partial charge in [-0.15, -0.1) is 11.3 Å². The number of para-hydroxylation sites is 1. The minimum Gasteiger partial charge on any atom is -0.397 e. The molecule has 0 saturated heterocycles. The molecule has 0 atom stereocenters. The van der Waals surface area contributed by atoms with Gasteiger partial charge >= 0.3 is 0 Å². The lowest BCUT2D eigenvalue weighted by molar-refractivity contribution is 1.09. The normalized spacial score (nSPS) is 11.3. The molecule has 0 unspecified atom stereocenters. The highest BCUT2D eigenvalue weighted by molar-refractivity contribution is 7.23. The van der Waals surface area contributed by atoms with Crippen molar-refractivity contribution in [1.82, 2.24) is 4.57 Å². The van der Waals surface area contributed by atoms with E-state index in [9.17, 15) is 0 Å². The Balaban J connectivity index is 0.000000917. The summed E-state index contributed by atoms with van der Waals surface area (Å²) in [4.78, 5) is 0.988. The first-order chi connectivity index (χ1) is 17.0. The number of anilines is 2. The van der Waals surface area contributed by atoms with Crippen LogP contribution < -0.4 is 11.5 Å². The van der Waals surface area contributed by atoms with E-state index in [1.807, 2.05) is 36.4 Å². The molecule has 0 aliphatic carbocycles. The molecule has 4 heteroatoms. The Kier molecular flexibility index (Phi) is 7.23. The van der Waals surface area contributed by atoms with Crippen LogP contribution in [0.4, 0.5) is 11.4 Å². The van der Waals surface area contributed by atoms with Crippen molar-refractivity contribution in [3.63, 3.8) is 0 Å². The van der Waals surface area contributed by atoms with Crippen LogP contribution in [0.1, 0.15) is 25.8 Å². The molecular weight excluding hydrogens is 446 g/mol. The quantitative estimate of drug-likeness (QED) is 0.248. The van der Waals surface area contributed by atoms with E-state index < -0.39 is 0 Å². The van der Waals surface area contributed by atoms with E-state index in [0.717, 1.165) is 59.8 Å². The Morgan fingerprint density at radius 3 is 2.11 bits per heavy atom. The maximum atomic E-state index is 6.74. The third-order valence-corrected chi connectivity index (χ3v) is 6.93. The summed E-state index contributed by atoms with van der Waals surface area (Å²) in [6, 6.07) is 24.8. The van der Waals surface area contributed by atoms with Crippen LogP contribution in [0.3, 0.4) is 0 Å². The summed E-state index contributed by atoms with van der Waals surface area (Å²) in [5.41, 5.74) is 20.0. The van der Waals surface area contributed by atoms with E-state index in [1.54, 1.807) is 17.4 Å². The number of hydrogen-bond acceptors (Lipinski definition) is 3. The zero-order chi connectivity index (χ0) is 24.9. The molecule has 3 aromatic carbocycles. The number of hydrogen-bond donors (Lipinski definition) is 2. The maximum Gasteiger partial charge on any atom is 0.0894 e. The highest BCUT2D eigenvalue weighted by Gasteiger charge is 2.22. The molecule has 4 N–H and O–H groups in total. The predicted molar refractivity (Wildman–Crippen MR) is 157 cm³/mol. The average molecular weight is 478 g/mol. The van der Waals surface area contributed by atoms with E-state index in [4.69, 9.17) is 11.5 Å². The molecule has 0 saturated carbocycles. The lowest BCUT2D eigenvalue weighted by Crippen LogP contribution is -1.99. The summed E-state index contributed by atoms with van der Waals surface area (Å²) in [5.74, 6) is 0. The second-order valence-electron chi connectivity index (χ2n) is 8.27. The predicted octanol–water partition coefficient (Wildman–Crippen LogP) is 8.85. The second-order valence-corrected chi connectivity index (χ2v) is 9.32. The fraction of sp³-hybridized carbons (Fsp3) is 0.0968. The van der Waals surface area contributed by atoms with Crippen molar-refractivity contribution in [2.75, 3.05) is 11.5 Å². The van der Waals surface area contributed by atoms with Gasteiger partial charge in [0.2, 0.25) is 0 Å². The van der Waals surface area contributed by atoms with E-state index in [-0.39, 0.29) is 0 Å². The van der Waals surface area contributed by atoms with Crippen molar-refractivity contribution in [3.05, 3.63) is 110 Å². The SMILES string of the molecule is C=C/C=C(\C=C)c1ccc(-n2c(-c3sc4ccccc4c3N)c(N)c3ccccc32)cc1.CCC. The lowest BCUT2D eigenvalue weighted by Gasteiger charge is -2.12. The van der Waals surface area contributed by atoms with E-state index in [1.165, 1.54) is 6.42 Å². The molecule has 2 aromatic heterocycles. The number of thiophene rings is 1. The largest absolute Gasteiger partial charge is 0.397 e. The fourth-order valence-corrected chi connectivity index (χ4v) is 5.38. The molecule has 3 nitrogen and oxygen atoms in total. The molecule has 0 fully saturated rings. The number of nitrogens with two attached hydrogens (primary N) is 2. The molecule has 0 aliphatic heterocycles. The molecule has 5 aromatic rings. The zero-order valence-electron chi connectivity index (χ0n) is 20.3. The topological polar surface area (TPSA) is 57.0 Å². The van der Waals surface area contributed by atoms with Crippen LogP contribution in [0.5, 0.6) is 0 Å².